The molecule has 0 spiro atoms. The summed E-state index contributed by atoms with van der Waals surface area (Å²) in [6.45, 7) is 0. The van der Waals surface area contributed by atoms with Crippen molar-refractivity contribution in [3.05, 3.63) is 71.2 Å². The second-order valence-electron chi connectivity index (χ2n) is 4.85. The third-order valence-electron chi connectivity index (χ3n) is 3.27. The maximum atomic E-state index is 13.7. The molecule has 25 heavy (non-hydrogen) atoms. The molecule has 2 nitrogen and oxygen atoms in total. The molecule has 0 amide bonds. The number of carbonyl (C=O) groups is 1. The van der Waals surface area contributed by atoms with Crippen molar-refractivity contribution in [1.82, 2.24) is 0 Å². The summed E-state index contributed by atoms with van der Waals surface area (Å²) in [4.78, 5) is 9.87. The first-order chi connectivity index (χ1) is 11.9. The predicted octanol–water partition coefficient (Wildman–Crippen LogP) is 5.61. The number of carbonyl (C=O) groups excluding carboxylic acids is 1. The molecular weight excluding hydrogens is 363 g/mol. The van der Waals surface area contributed by atoms with Crippen molar-refractivity contribution in [1.29, 1.82) is 0 Å². The molecule has 128 valence electrons. The molecule has 0 saturated carbocycles. The molecule has 0 unspecified atom stereocenters. The molecule has 0 aliphatic rings. The topological polar surface area (TPSA) is 30.2 Å². The van der Waals surface area contributed by atoms with Gasteiger partial charge in [-0.3, -0.25) is 4.79 Å². The Hall–Kier alpha value is -2.61. The van der Waals surface area contributed by atoms with Gasteiger partial charge in [0, 0.05) is 10.5 Å². The predicted molar refractivity (Wildman–Crippen MR) is 79.9 cm³/mol. The van der Waals surface area contributed by atoms with Gasteiger partial charge >= 0.3 is 0 Å². The van der Waals surface area contributed by atoms with Gasteiger partial charge in [0.15, 0.2) is 35.3 Å². The molecule has 2 aromatic carbocycles. The van der Waals surface area contributed by atoms with Gasteiger partial charge in [-0.05, 0) is 24.3 Å². The van der Waals surface area contributed by atoms with E-state index in [0.717, 1.165) is 0 Å². The molecule has 0 bridgehead atoms. The van der Waals surface area contributed by atoms with E-state index < -0.39 is 34.0 Å². The molecule has 0 atom stereocenters. The zero-order chi connectivity index (χ0) is 18.1. The number of benzene rings is 2. The zero-order valence-corrected chi connectivity index (χ0v) is 13.0. The van der Waals surface area contributed by atoms with Crippen LogP contribution in [0.5, 0.6) is 0 Å². The smallest absolute Gasteiger partial charge is 0.200 e. The fraction of sp³-hybridized carbons (Fsp3) is 0. The van der Waals surface area contributed by atoms with Crippen molar-refractivity contribution in [3.63, 3.8) is 0 Å². The van der Waals surface area contributed by atoms with Crippen molar-refractivity contribution < 1.29 is 31.2 Å². The minimum Gasteiger partial charge on any atom is -0.453 e. The largest absolute Gasteiger partial charge is 0.453 e. The summed E-state index contributed by atoms with van der Waals surface area (Å²) >= 11 is 0.408. The average Bonchev–Trinajstić information content (AvgIpc) is 3.12. The summed E-state index contributed by atoms with van der Waals surface area (Å²) in [5, 5.41) is 0. The Morgan fingerprint density at radius 1 is 0.760 bits per heavy atom. The van der Waals surface area contributed by atoms with E-state index in [9.17, 15) is 26.7 Å². The molecule has 1 heterocycles. The highest BCUT2D eigenvalue weighted by molar-refractivity contribution is 7.99. The first-order valence-electron chi connectivity index (χ1n) is 6.77. The standard InChI is InChI=1S/C17H7F5O2S/c18-12-13(19)15(21)17(16(22)14(12)20)25-10-4-1-8(2-5-10)11-6-3-9(7-23)24-11/h1-7H. The lowest BCUT2D eigenvalue weighted by atomic mass is 10.2. The zero-order valence-electron chi connectivity index (χ0n) is 12.2. The number of rotatable bonds is 4. The van der Waals surface area contributed by atoms with Crippen LogP contribution in [0, 0.1) is 29.1 Å². The van der Waals surface area contributed by atoms with Crippen molar-refractivity contribution in [2.45, 2.75) is 9.79 Å². The first-order valence-corrected chi connectivity index (χ1v) is 7.58. The van der Waals surface area contributed by atoms with Gasteiger partial charge in [-0.1, -0.05) is 23.9 Å². The van der Waals surface area contributed by atoms with Gasteiger partial charge in [0.25, 0.3) is 0 Å². The summed E-state index contributed by atoms with van der Waals surface area (Å²) in [5.74, 6) is -9.41. The van der Waals surface area contributed by atoms with Gasteiger partial charge < -0.3 is 4.42 Å². The normalized spacial score (nSPS) is 10.9. The Morgan fingerprint density at radius 3 is 1.84 bits per heavy atom. The van der Waals surface area contributed by atoms with Crippen molar-refractivity contribution in [2.24, 2.45) is 0 Å². The van der Waals surface area contributed by atoms with Crippen molar-refractivity contribution in [3.8, 4) is 11.3 Å². The quantitative estimate of drug-likeness (QED) is 0.259. The average molecular weight is 370 g/mol. The van der Waals surface area contributed by atoms with Crippen LogP contribution in [-0.4, -0.2) is 6.29 Å². The van der Waals surface area contributed by atoms with E-state index in [0.29, 0.717) is 29.4 Å². The highest BCUT2D eigenvalue weighted by Crippen LogP contribution is 2.36. The monoisotopic (exact) mass is 370 g/mol. The Bertz CT molecular complexity index is 921. The van der Waals surface area contributed by atoms with E-state index in [2.05, 4.69) is 0 Å². The van der Waals surface area contributed by atoms with Crippen LogP contribution < -0.4 is 0 Å². The lowest BCUT2D eigenvalue weighted by molar-refractivity contribution is 0.110. The number of hydrogen-bond donors (Lipinski definition) is 0. The van der Waals surface area contributed by atoms with Crippen LogP contribution >= 0.6 is 11.8 Å². The third-order valence-corrected chi connectivity index (χ3v) is 4.34. The molecule has 0 fully saturated rings. The van der Waals surface area contributed by atoms with Crippen LogP contribution in [0.3, 0.4) is 0 Å². The van der Waals surface area contributed by atoms with Gasteiger partial charge in [-0.15, -0.1) is 0 Å². The second-order valence-corrected chi connectivity index (χ2v) is 5.93. The Labute approximate surface area is 142 Å². The van der Waals surface area contributed by atoms with Gasteiger partial charge in [0.1, 0.15) is 5.76 Å². The van der Waals surface area contributed by atoms with Crippen LogP contribution in [0.25, 0.3) is 11.3 Å². The van der Waals surface area contributed by atoms with Crippen LogP contribution in [0.2, 0.25) is 0 Å². The lowest BCUT2D eigenvalue weighted by Crippen LogP contribution is -2.03. The number of hydrogen-bond acceptors (Lipinski definition) is 3. The van der Waals surface area contributed by atoms with Gasteiger partial charge in [-0.25, -0.2) is 22.0 Å². The summed E-state index contributed by atoms with van der Waals surface area (Å²) in [6.07, 6.45) is 0.539. The summed E-state index contributed by atoms with van der Waals surface area (Å²) < 4.78 is 72.1. The molecule has 0 N–H and O–H groups in total. The highest BCUT2D eigenvalue weighted by atomic mass is 32.2. The molecule has 0 saturated heterocycles. The van der Waals surface area contributed by atoms with Gasteiger partial charge in [-0.2, -0.15) is 0 Å². The molecule has 8 heteroatoms. The number of aldehydes is 1. The van der Waals surface area contributed by atoms with E-state index in [4.69, 9.17) is 4.42 Å². The number of halogens is 5. The van der Waals surface area contributed by atoms with E-state index >= 15 is 0 Å². The summed E-state index contributed by atoms with van der Waals surface area (Å²) in [6, 6.07) is 8.96. The minimum absolute atomic E-state index is 0.134. The lowest BCUT2D eigenvalue weighted by Gasteiger charge is -2.08. The number of furan rings is 1. The Morgan fingerprint density at radius 2 is 1.32 bits per heavy atom. The fourth-order valence-corrected chi connectivity index (χ4v) is 2.92. The minimum atomic E-state index is -2.20. The molecule has 3 aromatic rings. The van der Waals surface area contributed by atoms with Crippen molar-refractivity contribution in [2.75, 3.05) is 0 Å². The van der Waals surface area contributed by atoms with E-state index in [1.165, 1.54) is 30.3 Å². The SMILES string of the molecule is O=Cc1ccc(-c2ccc(Sc3c(F)c(F)c(F)c(F)c3F)cc2)o1. The third kappa shape index (κ3) is 3.17. The van der Waals surface area contributed by atoms with Crippen LogP contribution in [0.15, 0.2) is 50.6 Å². The van der Waals surface area contributed by atoms with Crippen molar-refractivity contribution >= 4 is 18.0 Å². The van der Waals surface area contributed by atoms with Gasteiger partial charge in [0.05, 0.1) is 4.90 Å². The highest BCUT2D eigenvalue weighted by Gasteiger charge is 2.26. The maximum Gasteiger partial charge on any atom is 0.200 e. The van der Waals surface area contributed by atoms with Crippen LogP contribution in [0.1, 0.15) is 10.6 Å². The Balaban J connectivity index is 1.91. The molecular formula is C17H7F5O2S. The molecule has 3 rings (SSSR count). The molecule has 1 aromatic heterocycles. The molecule has 0 aliphatic carbocycles. The fourth-order valence-electron chi connectivity index (χ4n) is 2.05. The molecule has 0 aliphatic heterocycles. The van der Waals surface area contributed by atoms with E-state index in [-0.39, 0.29) is 10.7 Å². The van der Waals surface area contributed by atoms with E-state index in [1.54, 1.807) is 6.07 Å². The maximum absolute atomic E-state index is 13.7. The Kier molecular flexibility index (Phi) is 4.63. The van der Waals surface area contributed by atoms with Crippen LogP contribution in [-0.2, 0) is 0 Å². The van der Waals surface area contributed by atoms with Gasteiger partial charge in [0.2, 0.25) is 5.82 Å². The summed E-state index contributed by atoms with van der Waals surface area (Å²) in [5.41, 5.74) is 0.579. The summed E-state index contributed by atoms with van der Waals surface area (Å²) in [7, 11) is 0. The molecule has 0 radical (unpaired) electrons. The van der Waals surface area contributed by atoms with E-state index in [1.807, 2.05) is 0 Å². The van der Waals surface area contributed by atoms with Crippen LogP contribution in [0.4, 0.5) is 22.0 Å². The second kappa shape index (κ2) is 6.72. The first kappa shape index (κ1) is 17.2.